The van der Waals surface area contributed by atoms with Crippen LogP contribution in [0.4, 0.5) is 5.69 Å². The minimum Gasteiger partial charge on any atom is -0.387 e. The molecule has 4 heteroatoms. The van der Waals surface area contributed by atoms with Gasteiger partial charge in [0.25, 0.3) is 0 Å². The van der Waals surface area contributed by atoms with E-state index in [0.717, 1.165) is 15.1 Å². The van der Waals surface area contributed by atoms with Gasteiger partial charge in [0.15, 0.2) is 0 Å². The first-order chi connectivity index (χ1) is 8.16. The number of rotatable bonds is 2. The quantitative estimate of drug-likeness (QED) is 0.469. The molecule has 0 aliphatic heterocycles. The molecule has 0 saturated heterocycles. The number of amidine groups is 1. The number of nitrogens with two attached hydrogens (primary N) is 1. The van der Waals surface area contributed by atoms with E-state index < -0.39 is 0 Å². The Hall–Kier alpha value is -0.290. The van der Waals surface area contributed by atoms with Crippen molar-refractivity contribution >= 4 is 45.7 Å². The molecule has 2 rings (SSSR count). The molecule has 0 atom stereocenters. The van der Waals surface area contributed by atoms with Crippen LogP contribution in [0.25, 0.3) is 0 Å². The standard InChI is InChI=1S/C13H16ClIN2/c14-10-6-7-11(15)12(8-10)17-13(16)9-4-2-1-3-5-9/h6-9H,1-5H2,(H2,16,17). The van der Waals surface area contributed by atoms with E-state index in [1.165, 1.54) is 32.1 Å². The molecule has 0 amide bonds. The van der Waals surface area contributed by atoms with Crippen LogP contribution < -0.4 is 5.73 Å². The molecule has 0 spiro atoms. The third-order valence-electron chi connectivity index (χ3n) is 3.18. The van der Waals surface area contributed by atoms with Gasteiger partial charge in [0.2, 0.25) is 0 Å². The van der Waals surface area contributed by atoms with Crippen molar-refractivity contribution in [2.75, 3.05) is 0 Å². The highest BCUT2D eigenvalue weighted by Gasteiger charge is 2.17. The molecule has 0 unspecified atom stereocenters. The van der Waals surface area contributed by atoms with Gasteiger partial charge in [0.1, 0.15) is 5.84 Å². The molecule has 2 N–H and O–H groups in total. The Kier molecular flexibility index (Phi) is 4.68. The number of halogens is 2. The van der Waals surface area contributed by atoms with Crippen molar-refractivity contribution in [1.82, 2.24) is 0 Å². The monoisotopic (exact) mass is 362 g/mol. The summed E-state index contributed by atoms with van der Waals surface area (Å²) in [5.41, 5.74) is 6.99. The zero-order valence-corrected chi connectivity index (χ0v) is 12.5. The molecule has 0 bridgehead atoms. The first kappa shape index (κ1) is 13.1. The van der Waals surface area contributed by atoms with Gasteiger partial charge in [-0.25, -0.2) is 4.99 Å². The summed E-state index contributed by atoms with van der Waals surface area (Å²) < 4.78 is 1.09. The lowest BCUT2D eigenvalue weighted by atomic mass is 9.88. The molecule has 1 aromatic carbocycles. The van der Waals surface area contributed by atoms with E-state index in [0.29, 0.717) is 10.9 Å². The van der Waals surface area contributed by atoms with Crippen LogP contribution in [0.15, 0.2) is 23.2 Å². The van der Waals surface area contributed by atoms with E-state index in [4.69, 9.17) is 17.3 Å². The smallest absolute Gasteiger partial charge is 0.103 e. The van der Waals surface area contributed by atoms with Gasteiger partial charge < -0.3 is 5.73 Å². The van der Waals surface area contributed by atoms with Crippen LogP contribution in [-0.2, 0) is 0 Å². The number of nitrogens with zero attached hydrogens (tertiary/aromatic N) is 1. The van der Waals surface area contributed by atoms with E-state index in [2.05, 4.69) is 27.6 Å². The molecule has 1 saturated carbocycles. The van der Waals surface area contributed by atoms with Crippen LogP contribution in [0.1, 0.15) is 32.1 Å². The number of benzene rings is 1. The second-order valence-corrected chi connectivity index (χ2v) is 6.07. The average Bonchev–Trinajstić information content (AvgIpc) is 2.35. The molecule has 0 aromatic heterocycles. The number of hydrogen-bond acceptors (Lipinski definition) is 1. The Morgan fingerprint density at radius 1 is 1.29 bits per heavy atom. The highest BCUT2D eigenvalue weighted by molar-refractivity contribution is 14.1. The lowest BCUT2D eigenvalue weighted by molar-refractivity contribution is 0.437. The summed E-state index contributed by atoms with van der Waals surface area (Å²) in [5.74, 6) is 1.23. The van der Waals surface area contributed by atoms with Crippen molar-refractivity contribution in [3.63, 3.8) is 0 Å². The van der Waals surface area contributed by atoms with Crippen molar-refractivity contribution in [3.8, 4) is 0 Å². The maximum atomic E-state index is 6.10. The Morgan fingerprint density at radius 3 is 2.71 bits per heavy atom. The van der Waals surface area contributed by atoms with Crippen LogP contribution in [0.3, 0.4) is 0 Å². The lowest BCUT2D eigenvalue weighted by Crippen LogP contribution is -2.25. The molecule has 0 radical (unpaired) electrons. The highest BCUT2D eigenvalue weighted by Crippen LogP contribution is 2.28. The second kappa shape index (κ2) is 6.05. The fraction of sp³-hybridized carbons (Fsp3) is 0.462. The summed E-state index contributed by atoms with van der Waals surface area (Å²) in [6, 6.07) is 5.72. The summed E-state index contributed by atoms with van der Waals surface area (Å²) in [6.07, 6.45) is 6.22. The maximum Gasteiger partial charge on any atom is 0.103 e. The molecule has 1 fully saturated rings. The van der Waals surface area contributed by atoms with Gasteiger partial charge in [0, 0.05) is 14.5 Å². The number of aliphatic imine (C=N–C) groups is 1. The minimum atomic E-state index is 0.457. The van der Waals surface area contributed by atoms with Crippen LogP contribution in [-0.4, -0.2) is 5.84 Å². The van der Waals surface area contributed by atoms with Crippen molar-refractivity contribution < 1.29 is 0 Å². The number of hydrogen-bond donors (Lipinski definition) is 1. The second-order valence-electron chi connectivity index (χ2n) is 4.47. The van der Waals surface area contributed by atoms with E-state index in [9.17, 15) is 0 Å². The topological polar surface area (TPSA) is 38.4 Å². The van der Waals surface area contributed by atoms with E-state index >= 15 is 0 Å². The summed E-state index contributed by atoms with van der Waals surface area (Å²) in [4.78, 5) is 4.55. The highest BCUT2D eigenvalue weighted by atomic mass is 127. The largest absolute Gasteiger partial charge is 0.387 e. The summed E-state index contributed by atoms with van der Waals surface area (Å²) in [5, 5.41) is 0.709. The Balaban J connectivity index is 2.19. The Morgan fingerprint density at radius 2 is 2.00 bits per heavy atom. The van der Waals surface area contributed by atoms with Crippen molar-refractivity contribution in [3.05, 3.63) is 26.8 Å². The van der Waals surface area contributed by atoms with E-state index in [1.807, 2.05) is 18.2 Å². The molecule has 17 heavy (non-hydrogen) atoms. The first-order valence-corrected chi connectivity index (χ1v) is 7.41. The predicted molar refractivity (Wildman–Crippen MR) is 82.0 cm³/mol. The molecule has 1 aliphatic carbocycles. The molecular weight excluding hydrogens is 347 g/mol. The predicted octanol–water partition coefficient (Wildman–Crippen LogP) is 4.51. The van der Waals surface area contributed by atoms with Gasteiger partial charge in [-0.15, -0.1) is 0 Å². The fourth-order valence-corrected chi connectivity index (χ4v) is 2.82. The third kappa shape index (κ3) is 3.58. The Labute approximate surface area is 121 Å². The van der Waals surface area contributed by atoms with Gasteiger partial charge in [-0.2, -0.15) is 0 Å². The van der Waals surface area contributed by atoms with Gasteiger partial charge in [-0.05, 0) is 53.6 Å². The van der Waals surface area contributed by atoms with E-state index in [1.54, 1.807) is 0 Å². The maximum absolute atomic E-state index is 6.10. The zero-order chi connectivity index (χ0) is 12.3. The van der Waals surface area contributed by atoms with E-state index in [-0.39, 0.29) is 0 Å². The Bertz CT molecular complexity index is 425. The van der Waals surface area contributed by atoms with Crippen LogP contribution >= 0.6 is 34.2 Å². The normalized spacial score (nSPS) is 18.4. The summed E-state index contributed by atoms with van der Waals surface area (Å²) in [7, 11) is 0. The SMILES string of the molecule is NC(=Nc1cc(Cl)ccc1I)C1CCCCC1. The molecule has 1 aliphatic rings. The molecule has 92 valence electrons. The minimum absolute atomic E-state index is 0.457. The molecule has 2 nitrogen and oxygen atoms in total. The fourth-order valence-electron chi connectivity index (χ4n) is 2.20. The van der Waals surface area contributed by atoms with Gasteiger partial charge in [-0.3, -0.25) is 0 Å². The summed E-state index contributed by atoms with van der Waals surface area (Å²) in [6.45, 7) is 0. The van der Waals surface area contributed by atoms with Gasteiger partial charge >= 0.3 is 0 Å². The third-order valence-corrected chi connectivity index (χ3v) is 4.33. The van der Waals surface area contributed by atoms with Gasteiger partial charge in [0.05, 0.1) is 5.69 Å². The van der Waals surface area contributed by atoms with Crippen molar-refractivity contribution in [1.29, 1.82) is 0 Å². The lowest BCUT2D eigenvalue weighted by Gasteiger charge is -2.20. The van der Waals surface area contributed by atoms with Gasteiger partial charge in [-0.1, -0.05) is 30.9 Å². The zero-order valence-electron chi connectivity index (χ0n) is 9.63. The van der Waals surface area contributed by atoms with Crippen molar-refractivity contribution in [2.24, 2.45) is 16.6 Å². The van der Waals surface area contributed by atoms with Crippen LogP contribution in [0, 0.1) is 9.49 Å². The van der Waals surface area contributed by atoms with Crippen molar-refractivity contribution in [2.45, 2.75) is 32.1 Å². The molecular formula is C13H16ClIN2. The average molecular weight is 363 g/mol. The van der Waals surface area contributed by atoms with Crippen LogP contribution in [0.2, 0.25) is 5.02 Å². The first-order valence-electron chi connectivity index (χ1n) is 5.96. The molecule has 0 heterocycles. The van der Waals surface area contributed by atoms with Crippen LogP contribution in [0.5, 0.6) is 0 Å². The molecule has 1 aromatic rings. The summed E-state index contributed by atoms with van der Waals surface area (Å²) >= 11 is 8.23.